The molecule has 0 saturated carbocycles. The van der Waals surface area contributed by atoms with Crippen molar-refractivity contribution in [2.24, 2.45) is 0 Å². The van der Waals surface area contributed by atoms with Crippen LogP contribution in [0.15, 0.2) is 34.9 Å². The van der Waals surface area contributed by atoms with Crippen molar-refractivity contribution in [3.8, 4) is 28.6 Å². The van der Waals surface area contributed by atoms with Crippen molar-refractivity contribution in [3.63, 3.8) is 0 Å². The highest BCUT2D eigenvalue weighted by Gasteiger charge is 2.23. The Morgan fingerprint density at radius 1 is 1.29 bits per heavy atom. The van der Waals surface area contributed by atoms with Crippen molar-refractivity contribution < 1.29 is 19.2 Å². The number of nitrogens with one attached hydrogen (secondary N) is 1. The van der Waals surface area contributed by atoms with Gasteiger partial charge in [0.1, 0.15) is 5.75 Å². The number of benzene rings is 2. The van der Waals surface area contributed by atoms with Gasteiger partial charge in [-0.25, -0.2) is 0 Å². The van der Waals surface area contributed by atoms with Crippen LogP contribution in [0.5, 0.6) is 5.75 Å². The Hall–Kier alpha value is -3.43. The van der Waals surface area contributed by atoms with Crippen molar-refractivity contribution >= 4 is 11.6 Å². The molecule has 0 bridgehead atoms. The molecule has 2 heterocycles. The number of carbonyl (C=O) groups is 1. The van der Waals surface area contributed by atoms with E-state index in [2.05, 4.69) is 33.3 Å². The van der Waals surface area contributed by atoms with Crippen LogP contribution in [0.3, 0.4) is 0 Å². The number of aromatic nitrogens is 2. The van der Waals surface area contributed by atoms with Gasteiger partial charge in [-0.3, -0.25) is 9.69 Å². The fourth-order valence-electron chi connectivity index (χ4n) is 4.34. The smallest absolute Gasteiger partial charge is 0.258 e. The number of nitrogen functional groups attached to an aromatic ring is 1. The van der Waals surface area contributed by atoms with Gasteiger partial charge in [0.05, 0.1) is 24.9 Å². The Labute approximate surface area is 205 Å². The van der Waals surface area contributed by atoms with E-state index in [4.69, 9.17) is 20.1 Å². The molecule has 4 rings (SSSR count). The van der Waals surface area contributed by atoms with Crippen LogP contribution in [0.25, 0.3) is 22.8 Å². The molecule has 0 saturated heterocycles. The van der Waals surface area contributed by atoms with Crippen LogP contribution < -0.4 is 15.8 Å². The van der Waals surface area contributed by atoms with Crippen LogP contribution in [-0.2, 0) is 17.8 Å². The first-order valence-electron chi connectivity index (χ1n) is 11.9. The Kier molecular flexibility index (Phi) is 7.37. The summed E-state index contributed by atoms with van der Waals surface area (Å²) in [4.78, 5) is 18.9. The number of anilines is 1. The van der Waals surface area contributed by atoms with Gasteiger partial charge < -0.3 is 25.4 Å². The second kappa shape index (κ2) is 10.5. The van der Waals surface area contributed by atoms with E-state index in [0.717, 1.165) is 29.7 Å². The van der Waals surface area contributed by atoms with Gasteiger partial charge in [0, 0.05) is 30.3 Å². The van der Waals surface area contributed by atoms with E-state index in [9.17, 15) is 4.79 Å². The van der Waals surface area contributed by atoms with Gasteiger partial charge in [-0.15, -0.1) is 0 Å². The predicted molar refractivity (Wildman–Crippen MR) is 134 cm³/mol. The highest BCUT2D eigenvalue weighted by molar-refractivity contribution is 5.78. The lowest BCUT2D eigenvalue weighted by molar-refractivity contribution is -0.123. The zero-order valence-electron chi connectivity index (χ0n) is 20.7. The molecule has 0 aliphatic carbocycles. The minimum absolute atomic E-state index is 0.0318. The molecule has 9 heteroatoms. The molecule has 0 spiro atoms. The van der Waals surface area contributed by atoms with Crippen LogP contribution >= 0.6 is 0 Å². The summed E-state index contributed by atoms with van der Waals surface area (Å²) in [5.74, 6) is 1.48. The third-order valence-corrected chi connectivity index (χ3v) is 6.10. The second-order valence-electron chi connectivity index (χ2n) is 9.33. The summed E-state index contributed by atoms with van der Waals surface area (Å²) < 4.78 is 11.3. The average molecular weight is 480 g/mol. The lowest BCUT2D eigenvalue weighted by Gasteiger charge is -2.30. The minimum Gasteiger partial charge on any atom is -0.489 e. The first-order chi connectivity index (χ1) is 16.7. The van der Waals surface area contributed by atoms with E-state index < -0.39 is 0 Å². The zero-order chi connectivity index (χ0) is 25.1. The third kappa shape index (κ3) is 5.63. The molecule has 0 unspecified atom stereocenters. The molecule has 3 aromatic rings. The zero-order valence-corrected chi connectivity index (χ0v) is 20.7. The Balaban J connectivity index is 1.49. The summed E-state index contributed by atoms with van der Waals surface area (Å²) in [6, 6.07) is 9.29. The SMILES string of the molecule is Cc1c(-c2noc(-c3ccc(OC(C)C)c(N)c3)n2)ccc2c1CCN(CC(=O)N[C@H](C)CO)C2. The summed E-state index contributed by atoms with van der Waals surface area (Å²) in [7, 11) is 0. The molecular formula is C26H33N5O4. The number of carbonyl (C=O) groups excluding carboxylic acids is 1. The molecule has 1 aliphatic heterocycles. The van der Waals surface area contributed by atoms with Crippen molar-refractivity contribution in [1.82, 2.24) is 20.4 Å². The monoisotopic (exact) mass is 479 g/mol. The summed E-state index contributed by atoms with van der Waals surface area (Å²) in [5, 5.41) is 16.2. The standard InChI is InChI=1S/C26H33N5O4/c1-15(2)34-23-8-6-18(11-22(23)27)26-29-25(30-35-26)21-7-5-19-12-31(10-9-20(19)17(21)4)13-24(33)28-16(3)14-32/h5-8,11,15-16,32H,9-10,12-14,27H2,1-4H3,(H,28,33)/t16-/m1/s1. The number of hydrogen-bond acceptors (Lipinski definition) is 8. The minimum atomic E-state index is -0.244. The summed E-state index contributed by atoms with van der Waals surface area (Å²) in [6.45, 7) is 9.47. The molecule has 4 N–H and O–H groups in total. The maximum absolute atomic E-state index is 12.2. The lowest BCUT2D eigenvalue weighted by atomic mass is 9.91. The largest absolute Gasteiger partial charge is 0.489 e. The van der Waals surface area contributed by atoms with Gasteiger partial charge in [0.25, 0.3) is 5.89 Å². The van der Waals surface area contributed by atoms with E-state index in [-0.39, 0.29) is 24.7 Å². The predicted octanol–water partition coefficient (Wildman–Crippen LogP) is 2.94. The van der Waals surface area contributed by atoms with Crippen LogP contribution in [0.4, 0.5) is 5.69 Å². The number of hydrogen-bond donors (Lipinski definition) is 3. The second-order valence-corrected chi connectivity index (χ2v) is 9.33. The number of aliphatic hydroxyl groups excluding tert-OH is 1. The van der Waals surface area contributed by atoms with Gasteiger partial charge in [0.15, 0.2) is 0 Å². The lowest BCUT2D eigenvalue weighted by Crippen LogP contribution is -2.43. The van der Waals surface area contributed by atoms with Gasteiger partial charge in [0.2, 0.25) is 11.7 Å². The van der Waals surface area contributed by atoms with Crippen LogP contribution in [-0.4, -0.2) is 57.9 Å². The molecular weight excluding hydrogens is 446 g/mol. The number of nitrogens with zero attached hydrogens (tertiary/aromatic N) is 3. The van der Waals surface area contributed by atoms with Crippen molar-refractivity contribution in [3.05, 3.63) is 47.0 Å². The number of amides is 1. The van der Waals surface area contributed by atoms with Crippen LogP contribution in [0.1, 0.15) is 37.5 Å². The molecule has 1 aliphatic rings. The molecule has 0 radical (unpaired) electrons. The Morgan fingerprint density at radius 3 is 2.80 bits per heavy atom. The van der Waals surface area contributed by atoms with Crippen molar-refractivity contribution in [2.45, 2.75) is 52.8 Å². The molecule has 2 aromatic carbocycles. The topological polar surface area (TPSA) is 127 Å². The van der Waals surface area contributed by atoms with E-state index in [1.807, 2.05) is 32.0 Å². The van der Waals surface area contributed by atoms with E-state index in [1.54, 1.807) is 13.0 Å². The third-order valence-electron chi connectivity index (χ3n) is 6.10. The fourth-order valence-corrected chi connectivity index (χ4v) is 4.34. The molecule has 9 nitrogen and oxygen atoms in total. The molecule has 0 fully saturated rings. The maximum atomic E-state index is 12.2. The molecule has 35 heavy (non-hydrogen) atoms. The summed E-state index contributed by atoms with van der Waals surface area (Å²) in [5.41, 5.74) is 11.9. The van der Waals surface area contributed by atoms with Gasteiger partial charge >= 0.3 is 0 Å². The highest BCUT2D eigenvalue weighted by Crippen LogP contribution is 2.32. The number of ether oxygens (including phenoxy) is 1. The molecule has 186 valence electrons. The fraction of sp³-hybridized carbons (Fsp3) is 0.423. The van der Waals surface area contributed by atoms with E-state index in [0.29, 0.717) is 36.2 Å². The Morgan fingerprint density at radius 2 is 2.09 bits per heavy atom. The number of nitrogens with two attached hydrogens (primary N) is 1. The number of rotatable bonds is 8. The Bertz CT molecular complexity index is 1210. The summed E-state index contributed by atoms with van der Waals surface area (Å²) >= 11 is 0. The van der Waals surface area contributed by atoms with Crippen molar-refractivity contribution in [2.75, 3.05) is 25.4 Å². The van der Waals surface area contributed by atoms with E-state index >= 15 is 0 Å². The first kappa shape index (κ1) is 24.7. The van der Waals surface area contributed by atoms with Crippen LogP contribution in [0.2, 0.25) is 0 Å². The van der Waals surface area contributed by atoms with Crippen LogP contribution in [0, 0.1) is 6.92 Å². The van der Waals surface area contributed by atoms with Gasteiger partial charge in [-0.05, 0) is 69.0 Å². The molecule has 1 atom stereocenters. The summed E-state index contributed by atoms with van der Waals surface area (Å²) in [6.07, 6.45) is 0.862. The number of aliphatic hydroxyl groups is 1. The number of fused-ring (bicyclic) bond motifs is 1. The molecule has 1 amide bonds. The van der Waals surface area contributed by atoms with E-state index in [1.165, 1.54) is 11.1 Å². The highest BCUT2D eigenvalue weighted by atomic mass is 16.5. The first-order valence-corrected chi connectivity index (χ1v) is 11.9. The van der Waals surface area contributed by atoms with Gasteiger partial charge in [-0.1, -0.05) is 17.3 Å². The normalized spacial score (nSPS) is 14.6. The maximum Gasteiger partial charge on any atom is 0.258 e. The van der Waals surface area contributed by atoms with Gasteiger partial charge in [-0.2, -0.15) is 4.98 Å². The van der Waals surface area contributed by atoms with Crippen molar-refractivity contribution in [1.29, 1.82) is 0 Å². The average Bonchev–Trinajstić information content (AvgIpc) is 3.30. The quantitative estimate of drug-likeness (QED) is 0.421. The molecule has 1 aromatic heterocycles.